The van der Waals surface area contributed by atoms with Gasteiger partial charge in [0.2, 0.25) is 0 Å². The van der Waals surface area contributed by atoms with Gasteiger partial charge in [0, 0.05) is 18.6 Å². The van der Waals surface area contributed by atoms with Crippen LogP contribution in [-0.2, 0) is 4.74 Å². The van der Waals surface area contributed by atoms with Gasteiger partial charge in [-0.05, 0) is 58.9 Å². The maximum atomic E-state index is 11.7. The van der Waals surface area contributed by atoms with E-state index < -0.39 is 5.60 Å². The van der Waals surface area contributed by atoms with Gasteiger partial charge < -0.3 is 21.1 Å². The molecule has 0 radical (unpaired) electrons. The first-order valence-corrected chi connectivity index (χ1v) is 7.66. The molecule has 1 aliphatic rings. The summed E-state index contributed by atoms with van der Waals surface area (Å²) in [7, 11) is 0. The summed E-state index contributed by atoms with van der Waals surface area (Å²) in [5, 5.41) is 6.32. The Morgan fingerprint density at radius 1 is 1.35 bits per heavy atom. The van der Waals surface area contributed by atoms with Gasteiger partial charge in [0.1, 0.15) is 5.60 Å². The second kappa shape index (κ2) is 7.27. The molecule has 118 valence electrons. The number of ether oxygens (including phenoxy) is 1. The minimum Gasteiger partial charge on any atom is -0.444 e. The summed E-state index contributed by atoms with van der Waals surface area (Å²) in [5.74, 6) is 1.55. The zero-order valence-corrected chi connectivity index (χ0v) is 13.5. The standard InChI is InChI=1S/C15H31N3O2/c1-10(12-6-7-12)9-17-13(8-16)11(2)18-14(19)20-15(3,4)5/h10-13,17H,6-9,16H2,1-5H3,(H,18,19). The molecule has 0 aromatic heterocycles. The Morgan fingerprint density at radius 2 is 1.95 bits per heavy atom. The topological polar surface area (TPSA) is 76.4 Å². The number of rotatable bonds is 7. The predicted molar refractivity (Wildman–Crippen MR) is 81.6 cm³/mol. The summed E-state index contributed by atoms with van der Waals surface area (Å²) in [5.41, 5.74) is 5.32. The summed E-state index contributed by atoms with van der Waals surface area (Å²) in [6, 6.07) is 0.0185. The lowest BCUT2D eigenvalue weighted by molar-refractivity contribution is 0.0498. The van der Waals surface area contributed by atoms with Crippen LogP contribution in [0, 0.1) is 11.8 Å². The Hall–Kier alpha value is -0.810. The van der Waals surface area contributed by atoms with Crippen molar-refractivity contribution in [3.05, 3.63) is 0 Å². The molecule has 5 nitrogen and oxygen atoms in total. The van der Waals surface area contributed by atoms with Crippen molar-refractivity contribution in [1.82, 2.24) is 10.6 Å². The van der Waals surface area contributed by atoms with Crippen LogP contribution in [0.15, 0.2) is 0 Å². The number of hydrogen-bond acceptors (Lipinski definition) is 4. The average molecular weight is 285 g/mol. The van der Waals surface area contributed by atoms with E-state index in [2.05, 4.69) is 17.6 Å². The molecule has 0 bridgehead atoms. The van der Waals surface area contributed by atoms with Crippen LogP contribution in [0.5, 0.6) is 0 Å². The van der Waals surface area contributed by atoms with Crippen LogP contribution in [-0.4, -0.2) is 36.9 Å². The third-order valence-corrected chi connectivity index (χ3v) is 3.73. The monoisotopic (exact) mass is 285 g/mol. The van der Waals surface area contributed by atoms with Crippen molar-refractivity contribution < 1.29 is 9.53 Å². The van der Waals surface area contributed by atoms with Gasteiger partial charge in [-0.1, -0.05) is 6.92 Å². The molecule has 0 saturated heterocycles. The molecule has 0 aromatic rings. The molecule has 3 atom stereocenters. The van der Waals surface area contributed by atoms with E-state index in [0.717, 1.165) is 12.5 Å². The van der Waals surface area contributed by atoms with Crippen LogP contribution < -0.4 is 16.4 Å². The van der Waals surface area contributed by atoms with Gasteiger partial charge in [-0.15, -0.1) is 0 Å². The lowest BCUT2D eigenvalue weighted by atomic mass is 10.0. The molecule has 0 aliphatic heterocycles. The minimum absolute atomic E-state index is 0.0544. The van der Waals surface area contributed by atoms with E-state index in [1.165, 1.54) is 12.8 Å². The van der Waals surface area contributed by atoms with Gasteiger partial charge in [-0.2, -0.15) is 0 Å². The number of amides is 1. The van der Waals surface area contributed by atoms with Crippen molar-refractivity contribution in [2.75, 3.05) is 13.1 Å². The van der Waals surface area contributed by atoms with E-state index in [9.17, 15) is 4.79 Å². The van der Waals surface area contributed by atoms with Gasteiger partial charge in [-0.25, -0.2) is 4.79 Å². The van der Waals surface area contributed by atoms with Gasteiger partial charge in [0.15, 0.2) is 0 Å². The van der Waals surface area contributed by atoms with Gasteiger partial charge in [0.25, 0.3) is 0 Å². The fourth-order valence-corrected chi connectivity index (χ4v) is 2.23. The van der Waals surface area contributed by atoms with Crippen LogP contribution in [0.1, 0.15) is 47.5 Å². The lowest BCUT2D eigenvalue weighted by Gasteiger charge is -2.28. The van der Waals surface area contributed by atoms with Crippen LogP contribution >= 0.6 is 0 Å². The molecule has 1 saturated carbocycles. The van der Waals surface area contributed by atoms with E-state index >= 15 is 0 Å². The summed E-state index contributed by atoms with van der Waals surface area (Å²) in [4.78, 5) is 11.7. The zero-order valence-electron chi connectivity index (χ0n) is 13.5. The lowest BCUT2D eigenvalue weighted by Crippen LogP contribution is -2.53. The highest BCUT2D eigenvalue weighted by atomic mass is 16.6. The Bertz CT molecular complexity index is 311. The quantitative estimate of drug-likeness (QED) is 0.667. The Labute approximate surface area is 123 Å². The Morgan fingerprint density at radius 3 is 2.40 bits per heavy atom. The molecule has 4 N–H and O–H groups in total. The van der Waals surface area contributed by atoms with Gasteiger partial charge in [0.05, 0.1) is 0 Å². The summed E-state index contributed by atoms with van der Waals surface area (Å²) in [6.45, 7) is 11.2. The number of carbonyl (C=O) groups excluding carboxylic acids is 1. The predicted octanol–water partition coefficient (Wildman–Crippen LogP) is 1.86. The van der Waals surface area contributed by atoms with E-state index in [1.807, 2.05) is 27.7 Å². The first-order valence-electron chi connectivity index (χ1n) is 7.66. The maximum absolute atomic E-state index is 11.7. The molecule has 0 spiro atoms. The zero-order chi connectivity index (χ0) is 15.3. The third kappa shape index (κ3) is 6.57. The molecule has 1 aliphatic carbocycles. The summed E-state index contributed by atoms with van der Waals surface area (Å²) >= 11 is 0. The van der Waals surface area contributed by atoms with Crippen LogP contribution in [0.4, 0.5) is 4.79 Å². The smallest absolute Gasteiger partial charge is 0.407 e. The van der Waals surface area contributed by atoms with Crippen molar-refractivity contribution in [3.63, 3.8) is 0 Å². The summed E-state index contributed by atoms with van der Waals surface area (Å²) < 4.78 is 5.26. The molecule has 1 fully saturated rings. The van der Waals surface area contributed by atoms with Crippen LogP contribution in [0.25, 0.3) is 0 Å². The fraction of sp³-hybridized carbons (Fsp3) is 0.933. The van der Waals surface area contributed by atoms with Gasteiger partial charge in [-0.3, -0.25) is 0 Å². The average Bonchev–Trinajstić information content (AvgIpc) is 3.10. The molecule has 1 rings (SSSR count). The molecule has 3 unspecified atom stereocenters. The maximum Gasteiger partial charge on any atom is 0.407 e. The number of nitrogens with one attached hydrogen (secondary N) is 2. The molecule has 5 heteroatoms. The number of hydrogen-bond donors (Lipinski definition) is 3. The molecule has 0 heterocycles. The molecule has 0 aromatic carbocycles. The second-order valence-corrected chi connectivity index (χ2v) is 7.00. The fourth-order valence-electron chi connectivity index (χ4n) is 2.23. The largest absolute Gasteiger partial charge is 0.444 e. The van der Waals surface area contributed by atoms with E-state index in [1.54, 1.807) is 0 Å². The highest BCUT2D eigenvalue weighted by molar-refractivity contribution is 5.68. The first-order chi connectivity index (χ1) is 9.23. The van der Waals surface area contributed by atoms with Crippen LogP contribution in [0.3, 0.4) is 0 Å². The first kappa shape index (κ1) is 17.2. The minimum atomic E-state index is -0.476. The molecule has 20 heavy (non-hydrogen) atoms. The van der Waals surface area contributed by atoms with E-state index in [4.69, 9.17) is 10.5 Å². The van der Waals surface area contributed by atoms with Crippen LogP contribution in [0.2, 0.25) is 0 Å². The van der Waals surface area contributed by atoms with Crippen molar-refractivity contribution >= 4 is 6.09 Å². The Kier molecular flexibility index (Phi) is 6.27. The van der Waals surface area contributed by atoms with E-state index in [-0.39, 0.29) is 18.2 Å². The SMILES string of the molecule is CC(CNC(CN)C(C)NC(=O)OC(C)(C)C)C1CC1. The second-order valence-electron chi connectivity index (χ2n) is 7.00. The Balaban J connectivity index is 2.33. The van der Waals surface area contributed by atoms with Crippen molar-refractivity contribution in [2.24, 2.45) is 17.6 Å². The normalized spacial score (nSPS) is 20.1. The number of carbonyl (C=O) groups is 1. The van der Waals surface area contributed by atoms with Gasteiger partial charge >= 0.3 is 6.09 Å². The van der Waals surface area contributed by atoms with Crippen molar-refractivity contribution in [3.8, 4) is 0 Å². The number of alkyl carbamates (subject to hydrolysis) is 1. The highest BCUT2D eigenvalue weighted by Crippen LogP contribution is 2.36. The third-order valence-electron chi connectivity index (χ3n) is 3.73. The molecule has 1 amide bonds. The van der Waals surface area contributed by atoms with Crippen molar-refractivity contribution in [2.45, 2.75) is 65.1 Å². The molecular formula is C15H31N3O2. The number of nitrogens with two attached hydrogens (primary N) is 1. The van der Waals surface area contributed by atoms with Crippen molar-refractivity contribution in [1.29, 1.82) is 0 Å². The molecular weight excluding hydrogens is 254 g/mol. The highest BCUT2D eigenvalue weighted by Gasteiger charge is 2.29. The summed E-state index contributed by atoms with van der Waals surface area (Å²) in [6.07, 6.45) is 2.31. The van der Waals surface area contributed by atoms with E-state index in [0.29, 0.717) is 12.5 Å².